The van der Waals surface area contributed by atoms with Gasteiger partial charge in [-0.3, -0.25) is 0 Å². The van der Waals surface area contributed by atoms with Gasteiger partial charge in [0.15, 0.2) is 0 Å². The smallest absolute Gasteiger partial charge is 0.0317 e. The Bertz CT molecular complexity index is 455. The third-order valence-electron chi connectivity index (χ3n) is 2.58. The summed E-state index contributed by atoms with van der Waals surface area (Å²) in [6, 6.07) is 6.45. The van der Waals surface area contributed by atoms with E-state index in [0.717, 1.165) is 18.1 Å². The first-order chi connectivity index (χ1) is 7.21. The zero-order chi connectivity index (χ0) is 11.3. The van der Waals surface area contributed by atoms with Crippen molar-refractivity contribution >= 4 is 17.9 Å². The monoisotopic (exact) mass is 201 g/mol. The normalized spacial score (nSPS) is 13.3. The lowest BCUT2D eigenvalue weighted by atomic mass is 10.1. The molecular weight excluding hydrogens is 182 g/mol. The van der Waals surface area contributed by atoms with E-state index in [4.69, 9.17) is 5.41 Å². The molecule has 0 aliphatic rings. The van der Waals surface area contributed by atoms with Crippen LogP contribution in [0.1, 0.15) is 32.8 Å². The van der Waals surface area contributed by atoms with Crippen molar-refractivity contribution < 1.29 is 0 Å². The van der Waals surface area contributed by atoms with Crippen LogP contribution in [0.2, 0.25) is 0 Å². The second kappa shape index (κ2) is 5.50. The summed E-state index contributed by atoms with van der Waals surface area (Å²) in [7, 11) is 0. The molecule has 15 heavy (non-hydrogen) atoms. The van der Waals surface area contributed by atoms with Crippen LogP contribution in [-0.4, -0.2) is 5.71 Å². The molecule has 0 radical (unpaired) electrons. The second-order valence-electron chi connectivity index (χ2n) is 3.63. The van der Waals surface area contributed by atoms with Crippen LogP contribution in [0.4, 0.5) is 0 Å². The molecule has 0 saturated carbocycles. The quantitative estimate of drug-likeness (QED) is 0.725. The molecule has 1 N–H and O–H groups in total. The van der Waals surface area contributed by atoms with E-state index in [1.54, 1.807) is 0 Å². The third kappa shape index (κ3) is 3.05. The van der Waals surface area contributed by atoms with Gasteiger partial charge < -0.3 is 5.41 Å². The van der Waals surface area contributed by atoms with Crippen molar-refractivity contribution in [2.75, 3.05) is 0 Å². The fraction of sp³-hybridized carbons (Fsp3) is 0.357. The lowest BCUT2D eigenvalue weighted by Gasteiger charge is -1.97. The molecule has 80 valence electrons. The molecule has 0 unspecified atom stereocenters. The standard InChI is InChI=1S/C14H19N/c1-4-11-7-8-13(10-14(15)6-3)12(5-2)9-11/h5,7-10,15H,4,6H2,1-3H3/b12-5-,13-10-,15-14?. The molecule has 0 aliphatic heterocycles. The first-order valence-electron chi connectivity index (χ1n) is 5.55. The third-order valence-corrected chi connectivity index (χ3v) is 2.58. The lowest BCUT2D eigenvalue weighted by Crippen LogP contribution is -2.25. The van der Waals surface area contributed by atoms with E-state index in [1.165, 1.54) is 10.8 Å². The van der Waals surface area contributed by atoms with Gasteiger partial charge in [-0.1, -0.05) is 38.1 Å². The highest BCUT2D eigenvalue weighted by Gasteiger charge is 1.91. The van der Waals surface area contributed by atoms with Crippen LogP contribution < -0.4 is 10.4 Å². The van der Waals surface area contributed by atoms with Crippen LogP contribution in [0.3, 0.4) is 0 Å². The van der Waals surface area contributed by atoms with Crippen molar-refractivity contribution in [3.05, 3.63) is 34.2 Å². The molecule has 0 saturated heterocycles. The van der Waals surface area contributed by atoms with Crippen LogP contribution in [-0.2, 0) is 6.42 Å². The molecular formula is C14H19N. The Balaban J connectivity index is 3.32. The van der Waals surface area contributed by atoms with Crippen LogP contribution >= 0.6 is 0 Å². The van der Waals surface area contributed by atoms with Gasteiger partial charge >= 0.3 is 0 Å². The molecule has 0 spiro atoms. The largest absolute Gasteiger partial charge is 0.305 e. The molecule has 1 rings (SSSR count). The molecule has 0 amide bonds. The van der Waals surface area contributed by atoms with Gasteiger partial charge in [0.1, 0.15) is 0 Å². The number of rotatable bonds is 3. The highest BCUT2D eigenvalue weighted by molar-refractivity contribution is 6.07. The van der Waals surface area contributed by atoms with Gasteiger partial charge in [-0.25, -0.2) is 0 Å². The molecule has 0 aliphatic carbocycles. The minimum atomic E-state index is 0.683. The van der Waals surface area contributed by atoms with Gasteiger partial charge in [-0.2, -0.15) is 0 Å². The van der Waals surface area contributed by atoms with Gasteiger partial charge in [0.2, 0.25) is 0 Å². The Morgan fingerprint density at radius 1 is 1.27 bits per heavy atom. The van der Waals surface area contributed by atoms with E-state index in [9.17, 15) is 0 Å². The lowest BCUT2D eigenvalue weighted by molar-refractivity contribution is 1.13. The summed E-state index contributed by atoms with van der Waals surface area (Å²) < 4.78 is 0. The summed E-state index contributed by atoms with van der Waals surface area (Å²) in [6.07, 6.45) is 5.91. The molecule has 0 heterocycles. The molecule has 1 heteroatoms. The topological polar surface area (TPSA) is 23.9 Å². The van der Waals surface area contributed by atoms with E-state index in [0.29, 0.717) is 5.71 Å². The average Bonchev–Trinajstić information content (AvgIpc) is 2.29. The molecule has 0 aromatic heterocycles. The maximum absolute atomic E-state index is 7.68. The first-order valence-corrected chi connectivity index (χ1v) is 5.55. The molecule has 0 bridgehead atoms. The predicted octanol–water partition coefficient (Wildman–Crippen LogP) is 2.26. The van der Waals surface area contributed by atoms with Gasteiger partial charge in [0, 0.05) is 5.71 Å². The maximum atomic E-state index is 7.68. The van der Waals surface area contributed by atoms with Crippen molar-refractivity contribution in [2.24, 2.45) is 0 Å². The van der Waals surface area contributed by atoms with Crippen molar-refractivity contribution in [3.63, 3.8) is 0 Å². The minimum absolute atomic E-state index is 0.683. The number of hydrogen-bond acceptors (Lipinski definition) is 1. The fourth-order valence-corrected chi connectivity index (χ4v) is 1.52. The summed E-state index contributed by atoms with van der Waals surface area (Å²) in [4.78, 5) is 0. The SMILES string of the molecule is C/C=c1/cc(CC)cc/c1=C/C(=N)CC. The highest BCUT2D eigenvalue weighted by Crippen LogP contribution is 1.92. The van der Waals surface area contributed by atoms with E-state index < -0.39 is 0 Å². The predicted molar refractivity (Wildman–Crippen MR) is 67.7 cm³/mol. The summed E-state index contributed by atoms with van der Waals surface area (Å²) in [5.41, 5.74) is 2.03. The summed E-state index contributed by atoms with van der Waals surface area (Å²) in [6.45, 7) is 6.21. The molecule has 1 aromatic rings. The first kappa shape index (κ1) is 11.7. The Morgan fingerprint density at radius 2 is 2.00 bits per heavy atom. The Hall–Kier alpha value is -1.37. The van der Waals surface area contributed by atoms with Crippen LogP contribution in [0, 0.1) is 5.41 Å². The van der Waals surface area contributed by atoms with Gasteiger partial charge in [0.25, 0.3) is 0 Å². The van der Waals surface area contributed by atoms with Crippen molar-refractivity contribution in [1.82, 2.24) is 0 Å². The summed E-state index contributed by atoms with van der Waals surface area (Å²) in [5, 5.41) is 10.1. The van der Waals surface area contributed by atoms with Crippen molar-refractivity contribution in [1.29, 1.82) is 5.41 Å². The molecule has 0 fully saturated rings. The van der Waals surface area contributed by atoms with E-state index >= 15 is 0 Å². The Morgan fingerprint density at radius 3 is 2.53 bits per heavy atom. The molecule has 0 atom stereocenters. The summed E-state index contributed by atoms with van der Waals surface area (Å²) >= 11 is 0. The van der Waals surface area contributed by atoms with Crippen LogP contribution in [0.25, 0.3) is 12.2 Å². The zero-order valence-corrected chi connectivity index (χ0v) is 9.80. The van der Waals surface area contributed by atoms with Gasteiger partial charge in [-0.15, -0.1) is 0 Å². The zero-order valence-electron chi connectivity index (χ0n) is 9.80. The van der Waals surface area contributed by atoms with E-state index in [-0.39, 0.29) is 0 Å². The van der Waals surface area contributed by atoms with Crippen molar-refractivity contribution in [2.45, 2.75) is 33.6 Å². The van der Waals surface area contributed by atoms with Gasteiger partial charge in [-0.05, 0) is 41.8 Å². The number of nitrogens with one attached hydrogen (secondary N) is 1. The molecule has 1 aromatic carbocycles. The Kier molecular flexibility index (Phi) is 4.29. The fourth-order valence-electron chi connectivity index (χ4n) is 1.52. The minimum Gasteiger partial charge on any atom is -0.305 e. The number of hydrogen-bond donors (Lipinski definition) is 1. The summed E-state index contributed by atoms with van der Waals surface area (Å²) in [5.74, 6) is 0. The van der Waals surface area contributed by atoms with E-state index in [2.05, 4.69) is 31.2 Å². The van der Waals surface area contributed by atoms with Crippen LogP contribution in [0.15, 0.2) is 18.2 Å². The number of benzene rings is 1. The highest BCUT2D eigenvalue weighted by atomic mass is 14.4. The average molecular weight is 201 g/mol. The second-order valence-corrected chi connectivity index (χ2v) is 3.63. The number of aryl methyl sites for hydroxylation is 1. The van der Waals surface area contributed by atoms with Gasteiger partial charge in [0.05, 0.1) is 0 Å². The van der Waals surface area contributed by atoms with Crippen molar-refractivity contribution in [3.8, 4) is 0 Å². The van der Waals surface area contributed by atoms with E-state index in [1.807, 2.05) is 19.9 Å². The maximum Gasteiger partial charge on any atom is 0.0317 e. The van der Waals surface area contributed by atoms with Crippen LogP contribution in [0.5, 0.6) is 0 Å². The Labute approximate surface area is 91.7 Å². The molecule has 1 nitrogen and oxygen atoms in total.